The maximum Gasteiger partial charge on any atom is 2.00 e. The maximum atomic E-state index is 15.2. The van der Waals surface area contributed by atoms with Crippen molar-refractivity contribution < 1.29 is 139 Å². The molecule has 0 saturated carbocycles. The number of carbonyl (C=O) groups excluding carboxylic acids is 1. The number of rotatable bonds is 19. The first-order valence-corrected chi connectivity index (χ1v) is 45.9. The van der Waals surface area contributed by atoms with Gasteiger partial charge in [-0.15, -0.1) is 6.58 Å². The first-order chi connectivity index (χ1) is 57.2. The van der Waals surface area contributed by atoms with Gasteiger partial charge in [-0.1, -0.05) is 59.9 Å². The van der Waals surface area contributed by atoms with Gasteiger partial charge in [-0.25, -0.2) is 68.8 Å². The summed E-state index contributed by atoms with van der Waals surface area (Å²) < 4.78 is 269. The van der Waals surface area contributed by atoms with Crippen molar-refractivity contribution in [1.82, 2.24) is 0 Å². The van der Waals surface area contributed by atoms with Gasteiger partial charge in [0.05, 0.1) is 98.8 Å². The molecule has 2 N–H and O–H groups in total. The van der Waals surface area contributed by atoms with Crippen molar-refractivity contribution in [2.24, 2.45) is 23.7 Å². The van der Waals surface area contributed by atoms with Crippen LogP contribution in [0.2, 0.25) is 20.1 Å². The quantitative estimate of drug-likeness (QED) is 0.0250. The summed E-state index contributed by atoms with van der Waals surface area (Å²) in [7, 11) is -16.8. The monoisotopic (exact) mass is 1960 g/mol. The normalized spacial score (nSPS) is 25.2. The van der Waals surface area contributed by atoms with Crippen LogP contribution in [0.1, 0.15) is 107 Å². The summed E-state index contributed by atoms with van der Waals surface area (Å²) >= 11 is 23.7. The third kappa shape index (κ3) is 18.2. The molecule has 8 heterocycles. The molecule has 668 valence electrons. The predicted octanol–water partition coefficient (Wildman–Crippen LogP) is 14.5. The second kappa shape index (κ2) is 41.3. The number of aliphatic hydroxyl groups is 2. The average molecular weight is 1960 g/mol. The summed E-state index contributed by atoms with van der Waals surface area (Å²) in [6.07, 6.45) is 1.35. The van der Waals surface area contributed by atoms with Crippen molar-refractivity contribution in [3.8, 4) is 23.0 Å². The SMILES string of the molecule is C.C=CC[C@@H]1OCC[C@@]2(S(=O)(=O)c3ccc(Cl)cc3)c3c(F)ccc(F)c3OC[C@@H]12.CC(O)CC[C@@H]1OCC[C@@]2(S(=O)(=O)c3ccc(Cl)cc3)c3c(F)ccc(F)c3OC[C@@H]12.O=CCC[C@@H]1OCC[C@@]2(S(=O)(=O)c3ccc(Cl)cc3)c3c(F)ccc(F)c3OC[C@@H]12.O=S(=O)(c1ccc(Cl)cc1)[C@@]12CCO[C@@H](CCCO)[C@@H]1COc1c(F)ccc(F)c12.[Br-].[CH3-].[Mg+2]. The molecule has 1 unspecified atom stereocenters. The standard InChI is InChI=1S/C22H23ClF2O5S.C21H21ClF2O5S.C21H19ClF2O5S.C21H19ClF2O4S.CH4.CH3.BrH.Mg/c1-13(26)2-9-19-16-12-30-21-18(25)8-7-17(24)20(21)22(16,10-11-29-19)31(27,28)15-5-3-14(23)4-6-15;2*22-13-3-5-14(6-4-13)30(26,27)21-9-11-28-18(2-1-10-25)15(21)12-29-20-17(24)8-7-16(23)19(20)21;1-2-3-18-15-12-28-20-17(24)9-8-16(23)19(20)21(15,10-11-27-18)29(25,26)14-6-4-13(22)5-7-14;;;;/h3-8,13,16,19,26H,2,9-12H2,1H3;3-8,15,18,25H,1-2,9-12H2;3-8,10,15,18H,1-2,9,11-12H2;2,4-9,15,18H,1,3,10-12H2;1H4;1H3;1H;/q;;;;;-1;;+2/p-1/t13?,16-,19-,22-;3*15-,18-,21-;;;;/m0000..../s1. The van der Waals surface area contributed by atoms with Crippen molar-refractivity contribution in [3.63, 3.8) is 0 Å². The summed E-state index contributed by atoms with van der Waals surface area (Å²) in [5.41, 5.74) is -1.15. The summed E-state index contributed by atoms with van der Waals surface area (Å²) in [6, 6.07) is 30.0. The molecule has 8 aliphatic rings. The van der Waals surface area contributed by atoms with E-state index in [0.717, 1.165) is 48.5 Å². The van der Waals surface area contributed by atoms with E-state index >= 15 is 17.6 Å². The molecule has 8 aromatic rings. The van der Waals surface area contributed by atoms with Gasteiger partial charge in [-0.2, -0.15) is 0 Å². The molecule has 0 aliphatic carbocycles. The number of sulfone groups is 4. The number of hydrogen-bond donors (Lipinski definition) is 2. The third-order valence-electron chi connectivity index (χ3n) is 23.9. The number of aldehydes is 1. The molecule has 0 bridgehead atoms. The molecule has 4 fully saturated rings. The van der Waals surface area contributed by atoms with Gasteiger partial charge in [0.15, 0.2) is 85.6 Å². The van der Waals surface area contributed by atoms with Gasteiger partial charge in [0.1, 0.15) is 48.5 Å². The van der Waals surface area contributed by atoms with Gasteiger partial charge in [0, 0.05) is 83.2 Å². The molecule has 19 nitrogen and oxygen atoms in total. The largest absolute Gasteiger partial charge is 2.00 e. The van der Waals surface area contributed by atoms with Crippen LogP contribution in [0.5, 0.6) is 23.0 Å². The van der Waals surface area contributed by atoms with Crippen LogP contribution < -0.4 is 35.9 Å². The summed E-state index contributed by atoms with van der Waals surface area (Å²) in [5, 5.41) is 20.4. The van der Waals surface area contributed by atoms with Crippen molar-refractivity contribution in [3.05, 3.63) is 255 Å². The minimum Gasteiger partial charge on any atom is -1.00 e. The van der Waals surface area contributed by atoms with Gasteiger partial charge >= 0.3 is 23.1 Å². The topological polar surface area (TPSA) is 268 Å². The van der Waals surface area contributed by atoms with Crippen LogP contribution in [0, 0.1) is 77.6 Å². The molecule has 8 aliphatic heterocycles. The van der Waals surface area contributed by atoms with E-state index in [0.29, 0.717) is 58.5 Å². The van der Waals surface area contributed by atoms with Crippen LogP contribution in [-0.2, 0) is 82.1 Å². The van der Waals surface area contributed by atoms with Crippen molar-refractivity contribution in [2.45, 2.75) is 154 Å². The second-order valence-electron chi connectivity index (χ2n) is 30.2. The number of ether oxygens (including phenoxy) is 8. The van der Waals surface area contributed by atoms with E-state index in [-0.39, 0.29) is 218 Å². The number of hydrogen-bond acceptors (Lipinski definition) is 19. The van der Waals surface area contributed by atoms with Crippen LogP contribution in [-0.4, -0.2) is 163 Å². The van der Waals surface area contributed by atoms with E-state index in [1.807, 2.05) is 0 Å². The molecule has 124 heavy (non-hydrogen) atoms. The van der Waals surface area contributed by atoms with Gasteiger partial charge < -0.3 is 77.3 Å². The van der Waals surface area contributed by atoms with Crippen LogP contribution in [0.4, 0.5) is 35.1 Å². The van der Waals surface area contributed by atoms with Crippen LogP contribution in [0.15, 0.2) is 178 Å². The van der Waals surface area contributed by atoms with E-state index in [4.69, 9.17) is 84.3 Å². The van der Waals surface area contributed by atoms with E-state index in [1.54, 1.807) is 13.0 Å². The molecule has 8 aromatic carbocycles. The van der Waals surface area contributed by atoms with Gasteiger partial charge in [0.2, 0.25) is 0 Å². The van der Waals surface area contributed by atoms with Gasteiger partial charge in [-0.05, 0) is 217 Å². The van der Waals surface area contributed by atoms with Crippen molar-refractivity contribution in [1.29, 1.82) is 0 Å². The average Bonchev–Trinajstić information content (AvgIpc) is 0.712. The predicted molar refractivity (Wildman–Crippen MR) is 446 cm³/mol. The Labute approximate surface area is 762 Å². The smallest absolute Gasteiger partial charge is 1.00 e. The Hall–Kier alpha value is -6.22. The Kier molecular flexibility index (Phi) is 33.8. The molecule has 0 aromatic heterocycles. The fourth-order valence-corrected chi connectivity index (χ4v) is 28.3. The third-order valence-corrected chi connectivity index (χ3v) is 35.1. The minimum absolute atomic E-state index is 0. The first kappa shape index (κ1) is 102. The molecule has 4 saturated heterocycles. The molecule has 0 amide bonds. The minimum atomic E-state index is -4.22. The molecular formula is C87H89BrCl4F8MgO19S4. The number of fused-ring (bicyclic) bond motifs is 12. The molecule has 0 spiro atoms. The maximum absolute atomic E-state index is 15.2. The molecule has 0 radical (unpaired) electrons. The summed E-state index contributed by atoms with van der Waals surface area (Å²) in [4.78, 5) is 10.8. The van der Waals surface area contributed by atoms with Gasteiger partial charge in [-0.3, -0.25) is 0 Å². The fourth-order valence-electron chi connectivity index (χ4n) is 18.4. The Morgan fingerprint density at radius 2 is 0.661 bits per heavy atom. The van der Waals surface area contributed by atoms with E-state index in [1.165, 1.54) is 97.1 Å². The molecule has 16 rings (SSSR count). The zero-order valence-corrected chi connectivity index (χ0v) is 75.4. The summed E-state index contributed by atoms with van der Waals surface area (Å²) in [5.74, 6) is -11.2. The van der Waals surface area contributed by atoms with Crippen LogP contribution in [0.25, 0.3) is 0 Å². The Balaban J connectivity index is 0.000000185. The van der Waals surface area contributed by atoms with Crippen LogP contribution in [0.3, 0.4) is 0 Å². The number of carbonyl (C=O) groups is 1. The zero-order chi connectivity index (χ0) is 86.2. The van der Waals surface area contributed by atoms with Crippen molar-refractivity contribution >= 4 is 115 Å². The van der Waals surface area contributed by atoms with E-state index in [2.05, 4.69) is 6.58 Å². The Morgan fingerprint density at radius 1 is 0.419 bits per heavy atom. The molecular weight excluding hydrogens is 1880 g/mol. The number of aliphatic hydroxyl groups excluding tert-OH is 2. The first-order valence-electron chi connectivity index (χ1n) is 38.4. The van der Waals surface area contributed by atoms with E-state index < -0.39 is 159 Å². The Bertz CT molecular complexity index is 5640. The number of benzene rings is 8. The number of halogens is 13. The van der Waals surface area contributed by atoms with Gasteiger partial charge in [0.25, 0.3) is 0 Å². The molecule has 13 atom stereocenters. The van der Waals surface area contributed by atoms with E-state index in [9.17, 15) is 66.2 Å². The fraction of sp³-hybridized carbons (Fsp3) is 0.402. The second-order valence-corrected chi connectivity index (χ2v) is 40.8. The zero-order valence-electron chi connectivity index (χ0n) is 66.1. The summed E-state index contributed by atoms with van der Waals surface area (Å²) in [6.45, 7) is 4.85. The van der Waals surface area contributed by atoms with Crippen molar-refractivity contribution in [2.75, 3.05) is 59.5 Å². The van der Waals surface area contributed by atoms with Crippen LogP contribution >= 0.6 is 46.4 Å². The molecule has 37 heteroatoms. The Morgan fingerprint density at radius 3 is 0.911 bits per heavy atom.